The Bertz CT molecular complexity index is 346. The van der Waals surface area contributed by atoms with Crippen LogP contribution in [0.25, 0.3) is 0 Å². The van der Waals surface area contributed by atoms with Crippen molar-refractivity contribution in [1.82, 2.24) is 15.1 Å². The summed E-state index contributed by atoms with van der Waals surface area (Å²) >= 11 is 0. The minimum absolute atomic E-state index is 0.0757. The van der Waals surface area contributed by atoms with Crippen molar-refractivity contribution < 1.29 is 9.53 Å². The van der Waals surface area contributed by atoms with Crippen LogP contribution in [-0.2, 0) is 9.53 Å². The standard InChI is InChI=1S/C15H27N3O2/c1-2-20-15(19)14(16-12-5-6-12)11-17-8-9-18-7-3-4-13(18)10-17/h12-14,16H,2-11H2,1H3. The molecule has 0 amide bonds. The first-order valence-electron chi connectivity index (χ1n) is 8.15. The molecular weight excluding hydrogens is 254 g/mol. The number of hydrogen-bond acceptors (Lipinski definition) is 5. The van der Waals surface area contributed by atoms with Crippen molar-refractivity contribution in [3.8, 4) is 0 Å². The summed E-state index contributed by atoms with van der Waals surface area (Å²) in [4.78, 5) is 17.1. The smallest absolute Gasteiger partial charge is 0.324 e. The molecule has 20 heavy (non-hydrogen) atoms. The molecule has 0 radical (unpaired) electrons. The van der Waals surface area contributed by atoms with E-state index in [0.29, 0.717) is 18.7 Å². The summed E-state index contributed by atoms with van der Waals surface area (Å²) in [7, 11) is 0. The van der Waals surface area contributed by atoms with Crippen LogP contribution in [0.1, 0.15) is 32.6 Å². The van der Waals surface area contributed by atoms with E-state index in [-0.39, 0.29) is 12.0 Å². The van der Waals surface area contributed by atoms with Gasteiger partial charge in [0.05, 0.1) is 6.61 Å². The maximum atomic E-state index is 12.1. The first kappa shape index (κ1) is 14.3. The average molecular weight is 281 g/mol. The number of nitrogens with one attached hydrogen (secondary N) is 1. The molecule has 114 valence electrons. The molecule has 0 aromatic carbocycles. The van der Waals surface area contributed by atoms with Crippen LogP contribution in [0.5, 0.6) is 0 Å². The van der Waals surface area contributed by atoms with Crippen molar-refractivity contribution in [1.29, 1.82) is 0 Å². The zero-order valence-electron chi connectivity index (χ0n) is 12.5. The second-order valence-electron chi connectivity index (χ2n) is 6.34. The quantitative estimate of drug-likeness (QED) is 0.716. The Morgan fingerprint density at radius 1 is 1.30 bits per heavy atom. The van der Waals surface area contributed by atoms with Gasteiger partial charge in [-0.2, -0.15) is 0 Å². The van der Waals surface area contributed by atoms with Gasteiger partial charge in [-0.15, -0.1) is 0 Å². The summed E-state index contributed by atoms with van der Waals surface area (Å²) in [6.07, 6.45) is 5.05. The van der Waals surface area contributed by atoms with E-state index in [1.54, 1.807) is 0 Å². The van der Waals surface area contributed by atoms with Crippen molar-refractivity contribution in [2.24, 2.45) is 0 Å². The molecule has 0 aromatic rings. The molecule has 2 saturated heterocycles. The van der Waals surface area contributed by atoms with Gasteiger partial charge >= 0.3 is 5.97 Å². The molecule has 3 fully saturated rings. The largest absolute Gasteiger partial charge is 0.465 e. The molecule has 1 saturated carbocycles. The zero-order chi connectivity index (χ0) is 13.9. The number of carbonyl (C=O) groups is 1. The highest BCUT2D eigenvalue weighted by molar-refractivity contribution is 5.76. The minimum Gasteiger partial charge on any atom is -0.465 e. The van der Waals surface area contributed by atoms with Crippen molar-refractivity contribution in [2.75, 3.05) is 39.3 Å². The second-order valence-corrected chi connectivity index (χ2v) is 6.34. The number of piperazine rings is 1. The third-order valence-corrected chi connectivity index (χ3v) is 4.70. The van der Waals surface area contributed by atoms with Gasteiger partial charge in [-0.3, -0.25) is 14.6 Å². The summed E-state index contributed by atoms with van der Waals surface area (Å²) in [6, 6.07) is 1.11. The van der Waals surface area contributed by atoms with E-state index in [0.717, 1.165) is 26.2 Å². The Balaban J connectivity index is 1.53. The van der Waals surface area contributed by atoms with Gasteiger partial charge in [-0.25, -0.2) is 0 Å². The third kappa shape index (κ3) is 3.51. The van der Waals surface area contributed by atoms with E-state index in [1.807, 2.05) is 6.92 Å². The van der Waals surface area contributed by atoms with E-state index >= 15 is 0 Å². The monoisotopic (exact) mass is 281 g/mol. The second kappa shape index (κ2) is 6.41. The third-order valence-electron chi connectivity index (χ3n) is 4.70. The molecule has 5 heteroatoms. The van der Waals surface area contributed by atoms with E-state index in [1.165, 1.54) is 32.2 Å². The Kier molecular flexibility index (Phi) is 4.58. The van der Waals surface area contributed by atoms with Gasteiger partial charge in [0.25, 0.3) is 0 Å². The van der Waals surface area contributed by atoms with Gasteiger partial charge in [0, 0.05) is 38.3 Å². The van der Waals surface area contributed by atoms with E-state index < -0.39 is 0 Å². The van der Waals surface area contributed by atoms with Gasteiger partial charge in [0.2, 0.25) is 0 Å². The van der Waals surface area contributed by atoms with E-state index in [9.17, 15) is 4.79 Å². The summed E-state index contributed by atoms with van der Waals surface area (Å²) < 4.78 is 5.22. The Morgan fingerprint density at radius 3 is 2.90 bits per heavy atom. The van der Waals surface area contributed by atoms with Crippen LogP contribution >= 0.6 is 0 Å². The molecule has 0 bridgehead atoms. The van der Waals surface area contributed by atoms with E-state index in [2.05, 4.69) is 15.1 Å². The van der Waals surface area contributed by atoms with Crippen LogP contribution in [0.3, 0.4) is 0 Å². The predicted molar refractivity (Wildman–Crippen MR) is 77.6 cm³/mol. The zero-order valence-corrected chi connectivity index (χ0v) is 12.5. The number of nitrogens with zero attached hydrogens (tertiary/aromatic N) is 2. The molecule has 2 aliphatic heterocycles. The normalized spacial score (nSPS) is 29.1. The number of fused-ring (bicyclic) bond motifs is 1. The maximum absolute atomic E-state index is 12.1. The first-order valence-corrected chi connectivity index (χ1v) is 8.15. The van der Waals surface area contributed by atoms with Crippen LogP contribution in [-0.4, -0.2) is 73.2 Å². The van der Waals surface area contributed by atoms with Gasteiger partial charge in [0.1, 0.15) is 6.04 Å². The molecule has 5 nitrogen and oxygen atoms in total. The van der Waals surface area contributed by atoms with Gasteiger partial charge in [-0.05, 0) is 39.2 Å². The van der Waals surface area contributed by atoms with Crippen molar-refractivity contribution in [2.45, 2.75) is 50.7 Å². The fourth-order valence-electron chi connectivity index (χ4n) is 3.45. The van der Waals surface area contributed by atoms with Crippen LogP contribution in [0.4, 0.5) is 0 Å². The fourth-order valence-corrected chi connectivity index (χ4v) is 3.45. The minimum atomic E-state index is -0.143. The SMILES string of the molecule is CCOC(=O)C(CN1CCN2CCCC2C1)NC1CC1. The molecule has 0 aromatic heterocycles. The average Bonchev–Trinajstić information content (AvgIpc) is 3.13. The lowest BCUT2D eigenvalue weighted by atomic mass is 10.1. The summed E-state index contributed by atoms with van der Waals surface area (Å²) in [5, 5.41) is 3.45. The lowest BCUT2D eigenvalue weighted by Crippen LogP contribution is -2.55. The predicted octanol–water partition coefficient (Wildman–Crippen LogP) is 0.450. The summed E-state index contributed by atoms with van der Waals surface area (Å²) in [6.45, 7) is 7.77. The fraction of sp³-hybridized carbons (Fsp3) is 0.933. The van der Waals surface area contributed by atoms with Crippen LogP contribution in [0, 0.1) is 0 Å². The highest BCUT2D eigenvalue weighted by atomic mass is 16.5. The lowest BCUT2D eigenvalue weighted by Gasteiger charge is -2.38. The molecular formula is C15H27N3O2. The molecule has 1 aliphatic carbocycles. The topological polar surface area (TPSA) is 44.8 Å². The van der Waals surface area contributed by atoms with Crippen LogP contribution < -0.4 is 5.32 Å². The van der Waals surface area contributed by atoms with Crippen LogP contribution in [0.15, 0.2) is 0 Å². The first-order chi connectivity index (χ1) is 9.76. The van der Waals surface area contributed by atoms with Crippen molar-refractivity contribution >= 4 is 5.97 Å². The Morgan fingerprint density at radius 2 is 2.15 bits per heavy atom. The molecule has 2 atom stereocenters. The number of hydrogen-bond donors (Lipinski definition) is 1. The molecule has 0 spiro atoms. The number of esters is 1. The van der Waals surface area contributed by atoms with Crippen molar-refractivity contribution in [3.05, 3.63) is 0 Å². The molecule has 3 aliphatic rings. The van der Waals surface area contributed by atoms with Gasteiger partial charge < -0.3 is 10.1 Å². The van der Waals surface area contributed by atoms with Crippen LogP contribution in [0.2, 0.25) is 0 Å². The highest BCUT2D eigenvalue weighted by Gasteiger charge is 2.34. The molecule has 3 rings (SSSR count). The number of carbonyl (C=O) groups excluding carboxylic acids is 1. The van der Waals surface area contributed by atoms with Crippen molar-refractivity contribution in [3.63, 3.8) is 0 Å². The summed E-state index contributed by atoms with van der Waals surface area (Å²) in [5.41, 5.74) is 0. The molecule has 1 N–H and O–H groups in total. The molecule has 2 unspecified atom stereocenters. The van der Waals surface area contributed by atoms with Gasteiger partial charge in [0.15, 0.2) is 0 Å². The Hall–Kier alpha value is -0.650. The Labute approximate surface area is 121 Å². The van der Waals surface area contributed by atoms with Gasteiger partial charge in [-0.1, -0.05) is 0 Å². The summed E-state index contributed by atoms with van der Waals surface area (Å²) in [5.74, 6) is -0.0757. The maximum Gasteiger partial charge on any atom is 0.324 e. The number of ether oxygens (including phenoxy) is 1. The number of rotatable bonds is 6. The highest BCUT2D eigenvalue weighted by Crippen LogP contribution is 2.23. The molecule has 2 heterocycles. The van der Waals surface area contributed by atoms with E-state index in [4.69, 9.17) is 4.74 Å². The lowest BCUT2D eigenvalue weighted by molar-refractivity contribution is -0.146.